The highest BCUT2D eigenvalue weighted by Crippen LogP contribution is 2.24. The van der Waals surface area contributed by atoms with Gasteiger partial charge in [-0.1, -0.05) is 15.9 Å². The fraction of sp³-hybridized carbons (Fsp3) is 0.455. The highest BCUT2D eigenvalue weighted by molar-refractivity contribution is 9.10. The zero-order valence-electron chi connectivity index (χ0n) is 8.36. The number of nitrogens with zero attached hydrogens (tertiary/aromatic N) is 1. The molecule has 1 heterocycles. The molecule has 1 aliphatic rings. The predicted octanol–water partition coefficient (Wildman–Crippen LogP) is 1.72. The first-order chi connectivity index (χ1) is 7.15. The monoisotopic (exact) mass is 271 g/mol. The summed E-state index contributed by atoms with van der Waals surface area (Å²) < 4.78 is 1.00. The smallest absolute Gasteiger partial charge is 0.115 e. The lowest BCUT2D eigenvalue weighted by Gasteiger charge is -2.16. The van der Waals surface area contributed by atoms with Crippen LogP contribution in [0.25, 0.3) is 0 Å². The minimum atomic E-state index is -0.193. The first-order valence-electron chi connectivity index (χ1n) is 5.03. The van der Waals surface area contributed by atoms with E-state index in [2.05, 4.69) is 20.8 Å². The van der Waals surface area contributed by atoms with Crippen LogP contribution in [0, 0.1) is 0 Å². The van der Waals surface area contributed by atoms with E-state index in [0.717, 1.165) is 36.1 Å². The zero-order chi connectivity index (χ0) is 10.8. The van der Waals surface area contributed by atoms with Gasteiger partial charge in [0.15, 0.2) is 0 Å². The van der Waals surface area contributed by atoms with Crippen molar-refractivity contribution in [1.29, 1.82) is 0 Å². The third kappa shape index (κ3) is 2.71. The maximum absolute atomic E-state index is 9.40. The summed E-state index contributed by atoms with van der Waals surface area (Å²) in [6.07, 6.45) is 0.650. The fourth-order valence-corrected chi connectivity index (χ4v) is 2.25. The van der Waals surface area contributed by atoms with Gasteiger partial charge >= 0.3 is 0 Å². The Morgan fingerprint density at radius 1 is 1.47 bits per heavy atom. The van der Waals surface area contributed by atoms with Crippen LogP contribution >= 0.6 is 15.9 Å². The van der Waals surface area contributed by atoms with Gasteiger partial charge in [0.05, 0.1) is 6.10 Å². The van der Waals surface area contributed by atoms with Gasteiger partial charge in [0.1, 0.15) is 5.75 Å². The van der Waals surface area contributed by atoms with Crippen LogP contribution in [-0.2, 0) is 6.54 Å². The lowest BCUT2D eigenvalue weighted by molar-refractivity contribution is 0.174. The Morgan fingerprint density at radius 3 is 2.93 bits per heavy atom. The molecule has 0 aromatic heterocycles. The van der Waals surface area contributed by atoms with Gasteiger partial charge in [-0.25, -0.2) is 0 Å². The fourth-order valence-electron chi connectivity index (χ4n) is 1.88. The molecule has 15 heavy (non-hydrogen) atoms. The van der Waals surface area contributed by atoms with E-state index in [-0.39, 0.29) is 11.9 Å². The topological polar surface area (TPSA) is 43.7 Å². The Labute approximate surface area is 97.5 Å². The summed E-state index contributed by atoms with van der Waals surface area (Å²) in [7, 11) is 0. The van der Waals surface area contributed by atoms with Crippen molar-refractivity contribution in [3.63, 3.8) is 0 Å². The van der Waals surface area contributed by atoms with Gasteiger partial charge in [-0.15, -0.1) is 0 Å². The summed E-state index contributed by atoms with van der Waals surface area (Å²) >= 11 is 3.45. The quantitative estimate of drug-likeness (QED) is 0.861. The summed E-state index contributed by atoms with van der Waals surface area (Å²) in [6.45, 7) is 2.41. The third-order valence-electron chi connectivity index (χ3n) is 2.67. The van der Waals surface area contributed by atoms with E-state index in [4.69, 9.17) is 0 Å². The Morgan fingerprint density at radius 2 is 2.27 bits per heavy atom. The highest BCUT2D eigenvalue weighted by atomic mass is 79.9. The average Bonchev–Trinajstić information content (AvgIpc) is 2.58. The van der Waals surface area contributed by atoms with Crippen molar-refractivity contribution in [2.45, 2.75) is 19.1 Å². The number of benzene rings is 1. The molecule has 4 heteroatoms. The molecule has 1 aliphatic heterocycles. The standard InChI is InChI=1S/C11H14BrNO2/c12-11-2-1-9(14)5-8(11)6-13-4-3-10(15)7-13/h1-2,5,10,14-15H,3-4,6-7H2/t10-/m0/s1. The molecule has 0 aliphatic carbocycles. The molecule has 2 N–H and O–H groups in total. The summed E-state index contributed by atoms with van der Waals surface area (Å²) in [5, 5.41) is 18.8. The first kappa shape index (κ1) is 10.9. The van der Waals surface area contributed by atoms with Crippen molar-refractivity contribution in [3.05, 3.63) is 28.2 Å². The Balaban J connectivity index is 2.07. The predicted molar refractivity (Wildman–Crippen MR) is 61.7 cm³/mol. The van der Waals surface area contributed by atoms with Crippen molar-refractivity contribution >= 4 is 15.9 Å². The number of hydrogen-bond acceptors (Lipinski definition) is 3. The second-order valence-electron chi connectivity index (χ2n) is 3.95. The minimum Gasteiger partial charge on any atom is -0.508 e. The molecule has 1 fully saturated rings. The maximum atomic E-state index is 9.40. The summed E-state index contributed by atoms with van der Waals surface area (Å²) in [6, 6.07) is 5.26. The van der Waals surface area contributed by atoms with Crippen molar-refractivity contribution in [2.75, 3.05) is 13.1 Å². The normalized spacial score (nSPS) is 22.1. The van der Waals surface area contributed by atoms with Gasteiger partial charge < -0.3 is 10.2 Å². The highest BCUT2D eigenvalue weighted by Gasteiger charge is 2.20. The summed E-state index contributed by atoms with van der Waals surface area (Å²) in [5.74, 6) is 0.285. The number of rotatable bonds is 2. The molecule has 0 bridgehead atoms. The van der Waals surface area contributed by atoms with Gasteiger partial charge in [0.25, 0.3) is 0 Å². The molecular weight excluding hydrogens is 258 g/mol. The maximum Gasteiger partial charge on any atom is 0.115 e. The number of likely N-dealkylation sites (tertiary alicyclic amines) is 1. The lowest BCUT2D eigenvalue weighted by atomic mass is 10.2. The molecule has 2 rings (SSSR count). The van der Waals surface area contributed by atoms with E-state index in [1.165, 1.54) is 0 Å². The number of aliphatic hydroxyl groups excluding tert-OH is 1. The molecule has 0 radical (unpaired) electrons. The average molecular weight is 272 g/mol. The van der Waals surface area contributed by atoms with Gasteiger partial charge in [0, 0.05) is 24.1 Å². The van der Waals surface area contributed by atoms with Gasteiger partial charge in [-0.2, -0.15) is 0 Å². The van der Waals surface area contributed by atoms with Crippen LogP contribution < -0.4 is 0 Å². The van der Waals surface area contributed by atoms with Crippen LogP contribution in [0.15, 0.2) is 22.7 Å². The van der Waals surface area contributed by atoms with Gasteiger partial charge in [0.2, 0.25) is 0 Å². The SMILES string of the molecule is Oc1ccc(Br)c(CN2CC[C@H](O)C2)c1. The van der Waals surface area contributed by atoms with Crippen LogP contribution in [0.2, 0.25) is 0 Å². The minimum absolute atomic E-state index is 0.193. The largest absolute Gasteiger partial charge is 0.508 e. The zero-order valence-corrected chi connectivity index (χ0v) is 9.94. The number of hydrogen-bond donors (Lipinski definition) is 2. The van der Waals surface area contributed by atoms with Crippen LogP contribution in [0.3, 0.4) is 0 Å². The van der Waals surface area contributed by atoms with Crippen molar-refractivity contribution in [3.8, 4) is 5.75 Å². The van der Waals surface area contributed by atoms with Crippen molar-refractivity contribution < 1.29 is 10.2 Å². The van der Waals surface area contributed by atoms with E-state index in [0.29, 0.717) is 0 Å². The molecule has 0 saturated carbocycles. The number of β-amino-alcohol motifs (C(OH)–C–C–N with tert-alkyl or cyclic N) is 1. The van der Waals surface area contributed by atoms with Crippen LogP contribution in [0.5, 0.6) is 5.75 Å². The van der Waals surface area contributed by atoms with Crippen LogP contribution in [0.4, 0.5) is 0 Å². The van der Waals surface area contributed by atoms with Crippen molar-refractivity contribution in [1.82, 2.24) is 4.90 Å². The molecular formula is C11H14BrNO2. The molecule has 0 unspecified atom stereocenters. The van der Waals surface area contributed by atoms with E-state index in [9.17, 15) is 10.2 Å². The van der Waals surface area contributed by atoms with E-state index in [1.807, 2.05) is 6.07 Å². The van der Waals surface area contributed by atoms with Gasteiger partial charge in [-0.3, -0.25) is 4.90 Å². The van der Waals surface area contributed by atoms with Gasteiger partial charge in [-0.05, 0) is 30.2 Å². The molecule has 82 valence electrons. The molecule has 0 spiro atoms. The second kappa shape index (κ2) is 4.51. The number of phenols is 1. The van der Waals surface area contributed by atoms with Crippen LogP contribution in [-0.4, -0.2) is 34.3 Å². The number of aliphatic hydroxyl groups is 1. The Bertz CT molecular complexity index is 356. The molecule has 1 aromatic carbocycles. The van der Waals surface area contributed by atoms with E-state index in [1.54, 1.807) is 12.1 Å². The lowest BCUT2D eigenvalue weighted by Crippen LogP contribution is -2.21. The summed E-state index contributed by atoms with van der Waals surface area (Å²) in [5.41, 5.74) is 1.06. The number of phenolic OH excluding ortho intramolecular Hbond substituents is 1. The number of halogens is 1. The second-order valence-corrected chi connectivity index (χ2v) is 4.81. The molecule has 3 nitrogen and oxygen atoms in total. The Hall–Kier alpha value is -0.580. The van der Waals surface area contributed by atoms with Crippen molar-refractivity contribution in [2.24, 2.45) is 0 Å². The van der Waals surface area contributed by atoms with Crippen LogP contribution in [0.1, 0.15) is 12.0 Å². The Kier molecular flexibility index (Phi) is 3.29. The van der Waals surface area contributed by atoms with E-state index >= 15 is 0 Å². The van der Waals surface area contributed by atoms with E-state index < -0.39 is 0 Å². The third-order valence-corrected chi connectivity index (χ3v) is 3.44. The molecule has 1 saturated heterocycles. The number of aromatic hydroxyl groups is 1. The summed E-state index contributed by atoms with van der Waals surface area (Å²) in [4.78, 5) is 2.18. The first-order valence-corrected chi connectivity index (χ1v) is 5.82. The molecule has 1 aromatic rings. The molecule has 1 atom stereocenters. The molecule has 0 amide bonds.